The van der Waals surface area contributed by atoms with Gasteiger partial charge in [0.15, 0.2) is 0 Å². The molecule has 1 aromatic carbocycles. The fourth-order valence-electron chi connectivity index (χ4n) is 2.29. The summed E-state index contributed by atoms with van der Waals surface area (Å²) in [6.07, 6.45) is 0.804. The van der Waals surface area contributed by atoms with Gasteiger partial charge in [0.25, 0.3) is 5.91 Å². The second-order valence-electron chi connectivity index (χ2n) is 5.66. The maximum absolute atomic E-state index is 12.4. The molecule has 20 heavy (non-hydrogen) atoms. The first kappa shape index (κ1) is 16.8. The van der Waals surface area contributed by atoms with Gasteiger partial charge >= 0.3 is 0 Å². The van der Waals surface area contributed by atoms with E-state index in [9.17, 15) is 4.79 Å². The average Bonchev–Trinajstić information content (AvgIpc) is 2.37. The molecule has 0 aliphatic carbocycles. The summed E-state index contributed by atoms with van der Waals surface area (Å²) in [5.74, 6) is 0.707. The number of benzene rings is 1. The van der Waals surface area contributed by atoms with E-state index in [2.05, 4.69) is 19.2 Å². The molecule has 3 N–H and O–H groups in total. The van der Waals surface area contributed by atoms with Crippen LogP contribution in [0.5, 0.6) is 5.75 Å². The van der Waals surface area contributed by atoms with Crippen LogP contribution in [0.3, 0.4) is 0 Å². The van der Waals surface area contributed by atoms with Gasteiger partial charge in [0.05, 0.1) is 12.7 Å². The molecule has 1 amide bonds. The molecule has 1 atom stereocenters. The van der Waals surface area contributed by atoms with Crippen LogP contribution in [-0.2, 0) is 0 Å². The third kappa shape index (κ3) is 4.39. The summed E-state index contributed by atoms with van der Waals surface area (Å²) in [5.41, 5.74) is 5.78. The summed E-state index contributed by atoms with van der Waals surface area (Å²) >= 11 is 5.95. The van der Waals surface area contributed by atoms with Gasteiger partial charge in [0, 0.05) is 17.1 Å². The first-order valence-corrected chi connectivity index (χ1v) is 7.05. The lowest BCUT2D eigenvalue weighted by molar-refractivity contribution is 0.0895. The number of carbonyl (C=O) groups is 1. The van der Waals surface area contributed by atoms with Gasteiger partial charge in [-0.3, -0.25) is 4.79 Å². The molecule has 0 radical (unpaired) electrons. The molecule has 4 nitrogen and oxygen atoms in total. The van der Waals surface area contributed by atoms with E-state index in [0.29, 0.717) is 28.8 Å². The summed E-state index contributed by atoms with van der Waals surface area (Å²) in [7, 11) is 1.52. The largest absolute Gasteiger partial charge is 0.496 e. The molecular weight excluding hydrogens is 276 g/mol. The standard InChI is InChI=1S/C15H23ClN2O2/c1-10(2)8-15(3,9-17)18-14(19)12-7-11(16)5-6-13(12)20-4/h5-7,10H,8-9,17H2,1-4H3,(H,18,19). The fourth-order valence-corrected chi connectivity index (χ4v) is 2.46. The van der Waals surface area contributed by atoms with Gasteiger partial charge < -0.3 is 15.8 Å². The number of nitrogens with one attached hydrogen (secondary N) is 1. The number of carbonyl (C=O) groups excluding carboxylic acids is 1. The highest BCUT2D eigenvalue weighted by Crippen LogP contribution is 2.24. The Morgan fingerprint density at radius 2 is 2.15 bits per heavy atom. The molecular formula is C15H23ClN2O2. The molecule has 0 saturated heterocycles. The predicted molar refractivity (Wildman–Crippen MR) is 82.4 cm³/mol. The Kier molecular flexibility index (Phi) is 5.84. The fraction of sp³-hybridized carbons (Fsp3) is 0.533. The van der Waals surface area contributed by atoms with E-state index in [-0.39, 0.29) is 5.91 Å². The Bertz CT molecular complexity index is 477. The molecule has 1 aromatic rings. The number of methoxy groups -OCH3 is 1. The zero-order valence-electron chi connectivity index (χ0n) is 12.5. The van der Waals surface area contributed by atoms with E-state index in [0.717, 1.165) is 6.42 Å². The zero-order valence-corrected chi connectivity index (χ0v) is 13.3. The highest BCUT2D eigenvalue weighted by Gasteiger charge is 2.27. The van der Waals surface area contributed by atoms with Gasteiger partial charge in [-0.15, -0.1) is 0 Å². The number of hydrogen-bond acceptors (Lipinski definition) is 3. The van der Waals surface area contributed by atoms with Crippen LogP contribution in [0, 0.1) is 5.92 Å². The second kappa shape index (κ2) is 6.95. The molecule has 112 valence electrons. The van der Waals surface area contributed by atoms with E-state index in [1.807, 2.05) is 6.92 Å². The Morgan fingerprint density at radius 1 is 1.50 bits per heavy atom. The van der Waals surface area contributed by atoms with Crippen molar-refractivity contribution < 1.29 is 9.53 Å². The lowest BCUT2D eigenvalue weighted by Crippen LogP contribution is -2.52. The SMILES string of the molecule is COc1ccc(Cl)cc1C(=O)NC(C)(CN)CC(C)C. The molecule has 0 fully saturated rings. The minimum atomic E-state index is -0.446. The van der Waals surface area contributed by atoms with E-state index >= 15 is 0 Å². The summed E-state index contributed by atoms with van der Waals surface area (Å²) in [6.45, 7) is 6.52. The Morgan fingerprint density at radius 3 is 2.65 bits per heavy atom. The quantitative estimate of drug-likeness (QED) is 0.849. The zero-order chi connectivity index (χ0) is 15.3. The minimum absolute atomic E-state index is 0.224. The van der Waals surface area contributed by atoms with Crippen molar-refractivity contribution in [1.82, 2.24) is 5.32 Å². The van der Waals surface area contributed by atoms with Crippen molar-refractivity contribution in [3.8, 4) is 5.75 Å². The smallest absolute Gasteiger partial charge is 0.255 e. The lowest BCUT2D eigenvalue weighted by atomic mass is 9.90. The summed E-state index contributed by atoms with van der Waals surface area (Å²) in [5, 5.41) is 3.48. The first-order chi connectivity index (χ1) is 9.31. The van der Waals surface area contributed by atoms with Crippen LogP contribution in [0.2, 0.25) is 5.02 Å². The van der Waals surface area contributed by atoms with Crippen molar-refractivity contribution in [2.24, 2.45) is 11.7 Å². The van der Waals surface area contributed by atoms with Crippen molar-refractivity contribution in [2.45, 2.75) is 32.7 Å². The second-order valence-corrected chi connectivity index (χ2v) is 6.10. The van der Waals surface area contributed by atoms with Gasteiger partial charge in [-0.25, -0.2) is 0 Å². The van der Waals surface area contributed by atoms with Crippen LogP contribution in [0.25, 0.3) is 0 Å². The van der Waals surface area contributed by atoms with Crippen LogP contribution >= 0.6 is 11.6 Å². The van der Waals surface area contributed by atoms with E-state index in [4.69, 9.17) is 22.1 Å². The molecule has 5 heteroatoms. The monoisotopic (exact) mass is 298 g/mol. The molecule has 1 unspecified atom stereocenters. The van der Waals surface area contributed by atoms with Crippen LogP contribution in [0.15, 0.2) is 18.2 Å². The number of nitrogens with two attached hydrogens (primary N) is 1. The van der Waals surface area contributed by atoms with Gasteiger partial charge in [-0.2, -0.15) is 0 Å². The van der Waals surface area contributed by atoms with E-state index in [1.165, 1.54) is 7.11 Å². The Hall–Kier alpha value is -1.26. The number of amides is 1. The number of hydrogen-bond donors (Lipinski definition) is 2. The van der Waals surface area contributed by atoms with Crippen LogP contribution < -0.4 is 15.8 Å². The first-order valence-electron chi connectivity index (χ1n) is 6.67. The maximum atomic E-state index is 12.4. The van der Waals surface area contributed by atoms with Gasteiger partial charge in [0.2, 0.25) is 0 Å². The molecule has 0 saturated carbocycles. The molecule has 0 bridgehead atoms. The van der Waals surface area contributed by atoms with Crippen LogP contribution in [0.4, 0.5) is 0 Å². The highest BCUT2D eigenvalue weighted by atomic mass is 35.5. The molecule has 0 aromatic heterocycles. The third-order valence-corrected chi connectivity index (χ3v) is 3.37. The van der Waals surface area contributed by atoms with E-state index in [1.54, 1.807) is 18.2 Å². The van der Waals surface area contributed by atoms with Gasteiger partial charge in [-0.1, -0.05) is 25.4 Å². The number of rotatable bonds is 6. The number of ether oxygens (including phenoxy) is 1. The summed E-state index contributed by atoms with van der Waals surface area (Å²) in [6, 6.07) is 4.97. The van der Waals surface area contributed by atoms with Crippen LogP contribution in [0.1, 0.15) is 37.6 Å². The van der Waals surface area contributed by atoms with E-state index < -0.39 is 5.54 Å². The summed E-state index contributed by atoms with van der Waals surface area (Å²) < 4.78 is 5.20. The van der Waals surface area contributed by atoms with Gasteiger partial charge in [0.1, 0.15) is 5.75 Å². The van der Waals surface area contributed by atoms with Crippen LogP contribution in [-0.4, -0.2) is 25.1 Å². The minimum Gasteiger partial charge on any atom is -0.496 e. The molecule has 1 rings (SSSR count). The lowest BCUT2D eigenvalue weighted by Gasteiger charge is -2.31. The topological polar surface area (TPSA) is 64.3 Å². The predicted octanol–water partition coefficient (Wildman–Crippen LogP) is 2.84. The Balaban J connectivity index is 2.97. The molecule has 0 spiro atoms. The van der Waals surface area contributed by atoms with Crippen molar-refractivity contribution in [1.29, 1.82) is 0 Å². The average molecular weight is 299 g/mol. The number of halogens is 1. The van der Waals surface area contributed by atoms with Crippen molar-refractivity contribution in [3.63, 3.8) is 0 Å². The third-order valence-electron chi connectivity index (χ3n) is 3.13. The molecule has 0 aliphatic heterocycles. The molecule has 0 aliphatic rings. The normalized spacial score (nSPS) is 13.9. The van der Waals surface area contributed by atoms with Crippen molar-refractivity contribution in [2.75, 3.05) is 13.7 Å². The van der Waals surface area contributed by atoms with Crippen molar-refractivity contribution in [3.05, 3.63) is 28.8 Å². The molecule has 0 heterocycles. The van der Waals surface area contributed by atoms with Crippen molar-refractivity contribution >= 4 is 17.5 Å². The van der Waals surface area contributed by atoms with Gasteiger partial charge in [-0.05, 0) is 37.5 Å². The summed E-state index contributed by atoms with van der Waals surface area (Å²) in [4.78, 5) is 12.4. The Labute approximate surface area is 125 Å². The highest BCUT2D eigenvalue weighted by molar-refractivity contribution is 6.31. The maximum Gasteiger partial charge on any atom is 0.255 e.